The summed E-state index contributed by atoms with van der Waals surface area (Å²) in [4.78, 5) is 26.0. The van der Waals surface area contributed by atoms with E-state index in [0.717, 1.165) is 25.3 Å². The summed E-state index contributed by atoms with van der Waals surface area (Å²) in [6, 6.07) is 1.08. The Kier molecular flexibility index (Phi) is 4.33. The lowest BCUT2D eigenvalue weighted by Crippen LogP contribution is -2.48. The summed E-state index contributed by atoms with van der Waals surface area (Å²) >= 11 is 0. The van der Waals surface area contributed by atoms with Gasteiger partial charge in [0.2, 0.25) is 5.43 Å². The topological polar surface area (TPSA) is 97.8 Å². The number of piperidine rings is 1. The van der Waals surface area contributed by atoms with Gasteiger partial charge in [-0.2, -0.15) is 0 Å². The molecule has 4 rings (SSSR count). The van der Waals surface area contributed by atoms with E-state index < -0.39 is 17.2 Å². The number of anilines is 1. The molecule has 0 radical (unpaired) electrons. The van der Waals surface area contributed by atoms with E-state index in [-0.39, 0.29) is 28.2 Å². The third-order valence-electron chi connectivity index (χ3n) is 5.97. The molecular formula is C20H24FN3O4. The average Bonchev–Trinajstić information content (AvgIpc) is 3.38. The van der Waals surface area contributed by atoms with E-state index >= 15 is 4.39 Å². The summed E-state index contributed by atoms with van der Waals surface area (Å²) in [6.45, 7) is 3.43. The molecule has 1 atom stereocenters. The number of hydrogen-bond donors (Lipinski definition) is 2. The van der Waals surface area contributed by atoms with Crippen LogP contribution in [0.1, 0.15) is 36.5 Å². The molecule has 2 fully saturated rings. The van der Waals surface area contributed by atoms with Gasteiger partial charge < -0.3 is 25.0 Å². The second-order valence-corrected chi connectivity index (χ2v) is 7.94. The summed E-state index contributed by atoms with van der Waals surface area (Å²) in [5, 5.41) is 9.33. The number of nitrogens with two attached hydrogens (primary N) is 1. The van der Waals surface area contributed by atoms with Gasteiger partial charge in [-0.1, -0.05) is 0 Å². The SMILES string of the molecule is CCn1cc(C(=O)O)c(=O)c2cc(F)c(N3CC(N)CC4(CC4)C3)c(OC)c21. The van der Waals surface area contributed by atoms with Gasteiger partial charge >= 0.3 is 5.97 Å². The number of methoxy groups -OCH3 is 1. The molecule has 0 amide bonds. The Morgan fingerprint density at radius 2 is 2.18 bits per heavy atom. The fourth-order valence-electron chi connectivity index (χ4n) is 4.53. The van der Waals surface area contributed by atoms with Crippen LogP contribution in [-0.4, -0.2) is 41.9 Å². The predicted octanol–water partition coefficient (Wildman–Crippen LogP) is 2.18. The van der Waals surface area contributed by atoms with E-state index in [1.165, 1.54) is 13.3 Å². The fraction of sp³-hybridized carbons (Fsp3) is 0.500. The highest BCUT2D eigenvalue weighted by molar-refractivity contribution is 5.97. The lowest BCUT2D eigenvalue weighted by atomic mass is 9.91. The summed E-state index contributed by atoms with van der Waals surface area (Å²) in [6.07, 6.45) is 4.39. The zero-order valence-corrected chi connectivity index (χ0v) is 16.0. The van der Waals surface area contributed by atoms with E-state index in [1.807, 2.05) is 11.8 Å². The number of halogens is 1. The number of carboxylic acid groups (broad SMARTS) is 1. The number of aryl methyl sites for hydroxylation is 1. The fourth-order valence-corrected chi connectivity index (χ4v) is 4.53. The normalized spacial score (nSPS) is 20.6. The van der Waals surface area contributed by atoms with Crippen LogP contribution in [0.3, 0.4) is 0 Å². The minimum atomic E-state index is -1.34. The maximum atomic E-state index is 15.2. The van der Waals surface area contributed by atoms with Crippen molar-refractivity contribution in [1.29, 1.82) is 0 Å². The van der Waals surface area contributed by atoms with Gasteiger partial charge in [0.1, 0.15) is 11.3 Å². The Hall–Kier alpha value is -2.61. The zero-order chi connectivity index (χ0) is 20.2. The Labute approximate surface area is 161 Å². The molecule has 1 saturated heterocycles. The van der Waals surface area contributed by atoms with Crippen molar-refractivity contribution in [2.45, 2.75) is 38.8 Å². The van der Waals surface area contributed by atoms with Crippen LogP contribution in [0.15, 0.2) is 17.1 Å². The van der Waals surface area contributed by atoms with Gasteiger partial charge in [0.25, 0.3) is 0 Å². The lowest BCUT2D eigenvalue weighted by molar-refractivity contribution is 0.0695. The van der Waals surface area contributed by atoms with Crippen LogP contribution < -0.4 is 20.8 Å². The van der Waals surface area contributed by atoms with E-state index in [4.69, 9.17) is 10.5 Å². The maximum absolute atomic E-state index is 15.2. The molecule has 1 aliphatic heterocycles. The summed E-state index contributed by atoms with van der Waals surface area (Å²) < 4.78 is 22.4. The molecule has 0 bridgehead atoms. The molecule has 8 heteroatoms. The highest BCUT2D eigenvalue weighted by Gasteiger charge is 2.48. The third kappa shape index (κ3) is 2.83. The highest BCUT2D eigenvalue weighted by Crippen LogP contribution is 2.53. The largest absolute Gasteiger partial charge is 0.492 e. The van der Waals surface area contributed by atoms with Gasteiger partial charge in [-0.05, 0) is 37.7 Å². The second kappa shape index (κ2) is 6.48. The van der Waals surface area contributed by atoms with Crippen molar-refractivity contribution in [1.82, 2.24) is 4.57 Å². The van der Waals surface area contributed by atoms with Crippen molar-refractivity contribution in [3.63, 3.8) is 0 Å². The standard InChI is InChI=1S/C20H24FN3O4/c1-3-23-9-13(19(26)27)17(25)12-6-14(21)16(18(28-2)15(12)23)24-8-11(22)7-20(10-24)4-5-20/h6,9,11H,3-5,7-8,10,22H2,1-2H3,(H,26,27). The first-order valence-electron chi connectivity index (χ1n) is 9.47. The number of fused-ring (bicyclic) bond motifs is 1. The number of carboxylic acids is 1. The van der Waals surface area contributed by atoms with Crippen LogP contribution in [0.2, 0.25) is 0 Å². The van der Waals surface area contributed by atoms with Crippen LogP contribution in [0.4, 0.5) is 10.1 Å². The van der Waals surface area contributed by atoms with Crippen molar-refractivity contribution in [2.24, 2.45) is 11.1 Å². The van der Waals surface area contributed by atoms with Crippen LogP contribution in [-0.2, 0) is 6.54 Å². The average molecular weight is 389 g/mol. The maximum Gasteiger partial charge on any atom is 0.341 e. The minimum Gasteiger partial charge on any atom is -0.492 e. The predicted molar refractivity (Wildman–Crippen MR) is 104 cm³/mol. The zero-order valence-electron chi connectivity index (χ0n) is 16.0. The van der Waals surface area contributed by atoms with Gasteiger partial charge in [-0.25, -0.2) is 9.18 Å². The number of benzene rings is 1. The number of pyridine rings is 1. The van der Waals surface area contributed by atoms with Crippen molar-refractivity contribution in [2.75, 3.05) is 25.1 Å². The molecular weight excluding hydrogens is 365 g/mol. The summed E-state index contributed by atoms with van der Waals surface area (Å²) in [5.41, 5.74) is 5.97. The number of aromatic carboxylic acids is 1. The Bertz CT molecular complexity index is 1030. The van der Waals surface area contributed by atoms with Gasteiger partial charge in [-0.15, -0.1) is 0 Å². The molecule has 1 aromatic carbocycles. The number of hydrogen-bond acceptors (Lipinski definition) is 5. The monoisotopic (exact) mass is 389 g/mol. The van der Waals surface area contributed by atoms with Gasteiger partial charge in [0.15, 0.2) is 11.6 Å². The summed E-state index contributed by atoms with van der Waals surface area (Å²) in [7, 11) is 1.43. The van der Waals surface area contributed by atoms with Crippen LogP contribution in [0, 0.1) is 11.2 Å². The molecule has 7 nitrogen and oxygen atoms in total. The molecule has 1 aromatic heterocycles. The third-order valence-corrected chi connectivity index (χ3v) is 5.97. The van der Waals surface area contributed by atoms with E-state index in [9.17, 15) is 14.7 Å². The Morgan fingerprint density at radius 1 is 1.46 bits per heavy atom. The van der Waals surface area contributed by atoms with Crippen molar-refractivity contribution in [3.8, 4) is 5.75 Å². The van der Waals surface area contributed by atoms with Crippen molar-refractivity contribution >= 4 is 22.6 Å². The number of aromatic nitrogens is 1. The van der Waals surface area contributed by atoms with Crippen molar-refractivity contribution in [3.05, 3.63) is 33.9 Å². The number of nitrogens with zero attached hydrogens (tertiary/aromatic N) is 2. The summed E-state index contributed by atoms with van der Waals surface area (Å²) in [5.74, 6) is -1.69. The molecule has 2 heterocycles. The van der Waals surface area contributed by atoms with Crippen LogP contribution >= 0.6 is 0 Å². The minimum absolute atomic E-state index is 0.00212. The number of carbonyl (C=O) groups is 1. The molecule has 1 unspecified atom stereocenters. The molecule has 28 heavy (non-hydrogen) atoms. The Balaban J connectivity index is 1.98. The molecule has 150 valence electrons. The van der Waals surface area contributed by atoms with Gasteiger partial charge in [0, 0.05) is 31.9 Å². The Morgan fingerprint density at radius 3 is 2.75 bits per heavy atom. The van der Waals surface area contributed by atoms with E-state index in [1.54, 1.807) is 4.57 Å². The molecule has 3 N–H and O–H groups in total. The smallest absolute Gasteiger partial charge is 0.341 e. The molecule has 2 aromatic rings. The van der Waals surface area contributed by atoms with Crippen LogP contribution in [0.25, 0.3) is 10.9 Å². The van der Waals surface area contributed by atoms with Crippen molar-refractivity contribution < 1.29 is 19.0 Å². The first-order valence-corrected chi connectivity index (χ1v) is 9.47. The lowest BCUT2D eigenvalue weighted by Gasteiger charge is -2.39. The molecule has 2 aliphatic rings. The molecule has 1 saturated carbocycles. The van der Waals surface area contributed by atoms with E-state index in [2.05, 4.69) is 0 Å². The number of ether oxygens (including phenoxy) is 1. The number of rotatable bonds is 4. The van der Waals surface area contributed by atoms with Gasteiger partial charge in [0.05, 0.1) is 18.0 Å². The second-order valence-electron chi connectivity index (χ2n) is 7.94. The van der Waals surface area contributed by atoms with Crippen LogP contribution in [0.5, 0.6) is 5.75 Å². The van der Waals surface area contributed by atoms with E-state index in [0.29, 0.717) is 30.8 Å². The molecule has 1 spiro atoms. The molecule has 1 aliphatic carbocycles. The van der Waals surface area contributed by atoms with Gasteiger partial charge in [-0.3, -0.25) is 4.79 Å². The first-order chi connectivity index (χ1) is 13.3. The highest BCUT2D eigenvalue weighted by atomic mass is 19.1. The quantitative estimate of drug-likeness (QED) is 0.832. The first kappa shape index (κ1) is 18.7.